The van der Waals surface area contributed by atoms with E-state index in [4.69, 9.17) is 31.5 Å². The summed E-state index contributed by atoms with van der Waals surface area (Å²) in [7, 11) is 0. The molecule has 1 saturated heterocycles. The van der Waals surface area contributed by atoms with Crippen molar-refractivity contribution in [3.63, 3.8) is 0 Å². The van der Waals surface area contributed by atoms with Crippen LogP contribution < -0.4 is 31.2 Å². The number of nitrogens with one attached hydrogen (secondary N) is 3. The van der Waals surface area contributed by atoms with Crippen LogP contribution in [0.5, 0.6) is 11.5 Å². The van der Waals surface area contributed by atoms with E-state index in [-0.39, 0.29) is 44.2 Å². The third-order valence-electron chi connectivity index (χ3n) is 13.1. The van der Waals surface area contributed by atoms with Gasteiger partial charge in [-0.05, 0) is 79.1 Å². The van der Waals surface area contributed by atoms with Gasteiger partial charge in [-0.2, -0.15) is 5.26 Å². The fraction of sp³-hybridized carbons (Fsp3) is 0.500. The predicted molar refractivity (Wildman–Crippen MR) is 266 cm³/mol. The maximum absolute atomic E-state index is 14.1. The number of likely N-dealkylation sites (tertiary alicyclic amines) is 1. The van der Waals surface area contributed by atoms with Crippen LogP contribution in [0.15, 0.2) is 72.2 Å². The molecule has 6 N–H and O–H groups in total. The van der Waals surface area contributed by atoms with Gasteiger partial charge in [0.2, 0.25) is 17.7 Å². The van der Waals surface area contributed by atoms with Gasteiger partial charge >= 0.3 is 0 Å². The van der Waals surface area contributed by atoms with E-state index in [1.54, 1.807) is 59.3 Å². The number of amides is 4. The van der Waals surface area contributed by atoms with Crippen LogP contribution in [-0.2, 0) is 19.1 Å². The van der Waals surface area contributed by atoms with E-state index in [0.29, 0.717) is 47.3 Å². The maximum Gasteiger partial charge on any atom is 0.251 e. The summed E-state index contributed by atoms with van der Waals surface area (Å²) >= 11 is 7.79. The lowest BCUT2D eigenvalue weighted by atomic mass is 9.49. The number of unbranched alkanes of at least 4 members (excludes halogenated alkanes) is 2. The summed E-state index contributed by atoms with van der Waals surface area (Å²) < 4.78 is 18.0. The maximum atomic E-state index is 14.1. The molecule has 17 heteroatoms. The number of carbonyl (C=O) groups is 4. The quantitative estimate of drug-likeness (QED) is 0.0561. The molecule has 0 radical (unpaired) electrons. The number of thiazole rings is 1. The molecular formula is C52H66ClN7O8S. The van der Waals surface area contributed by atoms with Gasteiger partial charge in [0.05, 0.1) is 45.4 Å². The molecule has 15 nitrogen and oxygen atoms in total. The van der Waals surface area contributed by atoms with Crippen LogP contribution in [-0.4, -0.2) is 102 Å². The standard InChI is InChI=1S/C52H66ClN7O8S/c1-31-43(69-30-56-31)33-14-12-32(13-15-33)40(27-55)57-46(64)41-24-36(61)28-60(41)47(65)44(50(2,3)4)58-42(62)29-66-22-10-9-11-23-67-37-19-16-34(17-20-37)45(63)59-48-51(5,6)49(52(48,7)8)68-38-21-18-35(26-54)39(53)25-38/h12-21,25,30,36,40-41,44,48-49,61H,9-11,22-24,27-29,55H2,1-8H3,(H,57,64)(H,58,62)(H,59,63)/t36-,40+,41+,44-,48?,49?/m1/s1. The van der Waals surface area contributed by atoms with Gasteiger partial charge in [-0.3, -0.25) is 19.2 Å². The first-order chi connectivity index (χ1) is 32.6. The van der Waals surface area contributed by atoms with Crippen molar-refractivity contribution in [3.05, 3.63) is 99.6 Å². The van der Waals surface area contributed by atoms with E-state index in [1.165, 1.54) is 4.90 Å². The molecule has 370 valence electrons. The second-order valence-electron chi connectivity index (χ2n) is 20.2. The van der Waals surface area contributed by atoms with E-state index < -0.39 is 58.2 Å². The third-order valence-corrected chi connectivity index (χ3v) is 14.4. The van der Waals surface area contributed by atoms with E-state index in [1.807, 2.05) is 52.0 Å². The highest BCUT2D eigenvalue weighted by Crippen LogP contribution is 2.55. The Bertz CT molecular complexity index is 2470. The number of β-amino-alcohol motifs (C(OH)–C–C–N with tert-alkyl or cyclic N) is 1. The van der Waals surface area contributed by atoms with Crippen LogP contribution in [0.4, 0.5) is 0 Å². The Balaban J connectivity index is 0.896. The van der Waals surface area contributed by atoms with Crippen molar-refractivity contribution < 1.29 is 38.5 Å². The molecule has 2 aliphatic rings. The van der Waals surface area contributed by atoms with Crippen molar-refractivity contribution in [2.75, 3.05) is 32.9 Å². The molecule has 4 atom stereocenters. The monoisotopic (exact) mass is 983 g/mol. The number of nitrogens with zero attached hydrogens (tertiary/aromatic N) is 3. The number of rotatable bonds is 20. The van der Waals surface area contributed by atoms with Crippen molar-refractivity contribution in [3.8, 4) is 28.0 Å². The van der Waals surface area contributed by atoms with Crippen molar-refractivity contribution in [1.29, 1.82) is 5.26 Å². The normalized spacial score (nSPS) is 20.2. The van der Waals surface area contributed by atoms with Gasteiger partial charge in [-0.25, -0.2) is 4.98 Å². The third kappa shape index (κ3) is 12.6. The number of carbonyl (C=O) groups excluding carboxylic acids is 4. The largest absolute Gasteiger partial charge is 0.494 e. The van der Waals surface area contributed by atoms with E-state index in [0.717, 1.165) is 34.5 Å². The molecule has 3 aromatic carbocycles. The topological polar surface area (TPSA) is 218 Å². The molecule has 1 aliphatic carbocycles. The number of hydrogen-bond acceptors (Lipinski definition) is 12. The second kappa shape index (κ2) is 22.5. The average Bonchev–Trinajstić information content (AvgIpc) is 3.93. The molecule has 4 aromatic rings. The summed E-state index contributed by atoms with van der Waals surface area (Å²) in [5.41, 5.74) is 10.1. The lowest BCUT2D eigenvalue weighted by molar-refractivity contribution is -0.164. The van der Waals surface area contributed by atoms with Crippen molar-refractivity contribution in [2.45, 2.75) is 117 Å². The molecule has 6 rings (SSSR count). The van der Waals surface area contributed by atoms with Crippen LogP contribution in [0.25, 0.3) is 10.4 Å². The lowest BCUT2D eigenvalue weighted by Crippen LogP contribution is -2.74. The number of benzene rings is 3. The zero-order chi connectivity index (χ0) is 50.3. The Kier molecular flexibility index (Phi) is 17.2. The highest BCUT2D eigenvalue weighted by Gasteiger charge is 2.64. The van der Waals surface area contributed by atoms with Gasteiger partial charge in [-0.15, -0.1) is 11.3 Å². The molecule has 1 aromatic heterocycles. The minimum absolute atomic E-state index is 0.0474. The van der Waals surface area contributed by atoms with Crippen molar-refractivity contribution in [1.82, 2.24) is 25.8 Å². The number of aryl methyl sites for hydroxylation is 1. The second-order valence-corrected chi connectivity index (χ2v) is 21.5. The van der Waals surface area contributed by atoms with Crippen LogP contribution in [0.3, 0.4) is 0 Å². The Labute approximate surface area is 414 Å². The van der Waals surface area contributed by atoms with E-state index >= 15 is 0 Å². The smallest absolute Gasteiger partial charge is 0.251 e. The molecule has 69 heavy (non-hydrogen) atoms. The zero-order valence-corrected chi connectivity index (χ0v) is 42.3. The summed E-state index contributed by atoms with van der Waals surface area (Å²) in [6.45, 7) is 16.3. The number of nitrogens with two attached hydrogens (primary N) is 1. The highest BCUT2D eigenvalue weighted by atomic mass is 35.5. The summed E-state index contributed by atoms with van der Waals surface area (Å²) in [4.78, 5) is 61.1. The zero-order valence-electron chi connectivity index (χ0n) is 40.8. The number of halogens is 1. The van der Waals surface area contributed by atoms with Gasteiger partial charge in [0, 0.05) is 54.6 Å². The van der Waals surface area contributed by atoms with Gasteiger partial charge in [-0.1, -0.05) is 84.3 Å². The Hall–Kier alpha value is -5.57. The molecule has 0 unspecified atom stereocenters. The highest BCUT2D eigenvalue weighted by molar-refractivity contribution is 7.13. The van der Waals surface area contributed by atoms with Crippen molar-refractivity contribution in [2.24, 2.45) is 22.0 Å². The fourth-order valence-corrected chi connectivity index (χ4v) is 10.7. The molecule has 1 saturated carbocycles. The van der Waals surface area contributed by atoms with Gasteiger partial charge < -0.3 is 45.9 Å². The molecule has 2 heterocycles. The lowest BCUT2D eigenvalue weighted by Gasteiger charge is -2.63. The van der Waals surface area contributed by atoms with Gasteiger partial charge in [0.1, 0.15) is 42.4 Å². The number of aliphatic hydroxyl groups is 1. The summed E-state index contributed by atoms with van der Waals surface area (Å²) in [6.07, 6.45) is 1.13. The van der Waals surface area contributed by atoms with E-state index in [2.05, 4.69) is 54.7 Å². The van der Waals surface area contributed by atoms with Gasteiger partial charge in [0.15, 0.2) is 0 Å². The minimum Gasteiger partial charge on any atom is -0.494 e. The van der Waals surface area contributed by atoms with E-state index in [9.17, 15) is 29.5 Å². The first-order valence-corrected chi connectivity index (χ1v) is 24.7. The van der Waals surface area contributed by atoms with Crippen LogP contribution >= 0.6 is 22.9 Å². The minimum atomic E-state index is -0.986. The first kappa shape index (κ1) is 52.8. The van der Waals surface area contributed by atoms with Gasteiger partial charge in [0.25, 0.3) is 5.91 Å². The number of aromatic nitrogens is 1. The molecule has 2 fully saturated rings. The van der Waals surface area contributed by atoms with Crippen LogP contribution in [0.1, 0.15) is 107 Å². The number of aliphatic hydroxyl groups excluding tert-OH is 1. The van der Waals surface area contributed by atoms with Crippen molar-refractivity contribution >= 4 is 46.6 Å². The Morgan fingerprint density at radius 3 is 2.25 bits per heavy atom. The van der Waals surface area contributed by atoms with Crippen LogP contribution in [0.2, 0.25) is 5.02 Å². The number of nitriles is 1. The summed E-state index contributed by atoms with van der Waals surface area (Å²) in [6, 6.07) is 19.2. The average molecular weight is 985 g/mol. The number of hydrogen-bond donors (Lipinski definition) is 5. The summed E-state index contributed by atoms with van der Waals surface area (Å²) in [5, 5.41) is 29.2. The Morgan fingerprint density at radius 1 is 0.971 bits per heavy atom. The van der Waals surface area contributed by atoms with Crippen LogP contribution in [0, 0.1) is 34.5 Å². The molecule has 4 amide bonds. The Morgan fingerprint density at radius 2 is 1.64 bits per heavy atom. The molecule has 0 spiro atoms. The first-order valence-electron chi connectivity index (χ1n) is 23.4. The SMILES string of the molecule is Cc1ncsc1-c1ccc([C@H](CN)NC(=O)[C@@H]2C[C@@H](O)CN2C(=O)[C@@H](NC(=O)COCCCCCOc2ccc(C(=O)NC3C(C)(C)C(Oc4ccc(C#N)c(Cl)c4)C3(C)C)cc2)C(C)(C)C)cc1. The molecule has 0 bridgehead atoms. The predicted octanol–water partition coefficient (Wildman–Crippen LogP) is 7.13. The molecular weight excluding hydrogens is 918 g/mol. The fourth-order valence-electron chi connectivity index (χ4n) is 9.67. The molecule has 1 aliphatic heterocycles. The summed E-state index contributed by atoms with van der Waals surface area (Å²) in [5.74, 6) is -0.347. The number of ether oxygens (including phenoxy) is 3.